The molecule has 0 aliphatic heterocycles. The van der Waals surface area contributed by atoms with Crippen LogP contribution in [0.15, 0.2) is 0 Å². The van der Waals surface area contributed by atoms with Crippen molar-refractivity contribution in [3.05, 3.63) is 0 Å². The quantitative estimate of drug-likeness (QED) is 0.790. The van der Waals surface area contributed by atoms with Gasteiger partial charge in [-0.25, -0.2) is 0 Å². The van der Waals surface area contributed by atoms with Crippen LogP contribution in [0.3, 0.4) is 0 Å². The Hall–Kier alpha value is -0.610. The average Bonchev–Trinajstić information content (AvgIpc) is 2.29. The highest BCUT2D eigenvalue weighted by Crippen LogP contribution is 2.32. The Morgan fingerprint density at radius 1 is 1.33 bits per heavy atom. The third kappa shape index (κ3) is 2.86. The summed E-state index contributed by atoms with van der Waals surface area (Å²) in [6, 6.07) is 0.639. The number of nitrogens with zero attached hydrogens (tertiary/aromatic N) is 1. The maximum absolute atomic E-state index is 12.5. The Balaban J connectivity index is 1.95. The van der Waals surface area contributed by atoms with Gasteiger partial charge in [0.15, 0.2) is 0 Å². The van der Waals surface area contributed by atoms with E-state index in [2.05, 4.69) is 6.92 Å². The summed E-state index contributed by atoms with van der Waals surface area (Å²) in [5.74, 6) is 0.824. The van der Waals surface area contributed by atoms with Gasteiger partial charge in [-0.15, -0.1) is 0 Å². The highest BCUT2D eigenvalue weighted by atomic mass is 16.3. The molecule has 2 aliphatic carbocycles. The summed E-state index contributed by atoms with van der Waals surface area (Å²) < 4.78 is 0. The van der Waals surface area contributed by atoms with Crippen LogP contribution in [0.1, 0.15) is 45.4 Å². The van der Waals surface area contributed by atoms with E-state index in [0.29, 0.717) is 18.5 Å². The largest absolute Gasteiger partial charge is 0.395 e. The fourth-order valence-corrected chi connectivity index (χ4v) is 3.16. The first-order valence-electron chi connectivity index (χ1n) is 7.30. The maximum Gasteiger partial charge on any atom is 0.226 e. The van der Waals surface area contributed by atoms with Gasteiger partial charge in [0.2, 0.25) is 5.91 Å². The minimum Gasteiger partial charge on any atom is -0.395 e. The second-order valence-electron chi connectivity index (χ2n) is 5.99. The summed E-state index contributed by atoms with van der Waals surface area (Å²) >= 11 is 0. The SMILES string of the molecule is CC1CC(C(=O)N(CCO)C2CCC2)CCC1N. The molecule has 3 N–H and O–H groups in total. The van der Waals surface area contributed by atoms with Crippen LogP contribution in [0.25, 0.3) is 0 Å². The lowest BCUT2D eigenvalue weighted by Gasteiger charge is -2.41. The molecule has 2 rings (SSSR count). The van der Waals surface area contributed by atoms with E-state index < -0.39 is 0 Å². The van der Waals surface area contributed by atoms with Gasteiger partial charge in [0.25, 0.3) is 0 Å². The maximum atomic E-state index is 12.5. The smallest absolute Gasteiger partial charge is 0.226 e. The van der Waals surface area contributed by atoms with Crippen LogP contribution in [0.5, 0.6) is 0 Å². The molecule has 0 spiro atoms. The van der Waals surface area contributed by atoms with Gasteiger partial charge in [-0.05, 0) is 44.4 Å². The number of nitrogens with two attached hydrogens (primary N) is 1. The molecular weight excluding hydrogens is 228 g/mol. The predicted molar refractivity (Wildman–Crippen MR) is 70.9 cm³/mol. The Bertz CT molecular complexity index is 292. The molecule has 18 heavy (non-hydrogen) atoms. The number of hydrogen-bond acceptors (Lipinski definition) is 3. The zero-order valence-electron chi connectivity index (χ0n) is 11.3. The topological polar surface area (TPSA) is 66.6 Å². The van der Waals surface area contributed by atoms with E-state index in [1.165, 1.54) is 6.42 Å². The van der Waals surface area contributed by atoms with Crippen molar-refractivity contribution >= 4 is 5.91 Å². The van der Waals surface area contributed by atoms with Gasteiger partial charge in [0.05, 0.1) is 6.61 Å². The number of aliphatic hydroxyl groups excluding tert-OH is 1. The van der Waals surface area contributed by atoms with Gasteiger partial charge in [0.1, 0.15) is 0 Å². The van der Waals surface area contributed by atoms with Gasteiger partial charge in [-0.1, -0.05) is 6.92 Å². The monoisotopic (exact) mass is 254 g/mol. The molecule has 0 aromatic rings. The van der Waals surface area contributed by atoms with Gasteiger partial charge < -0.3 is 15.7 Å². The fourth-order valence-electron chi connectivity index (χ4n) is 3.16. The molecule has 0 saturated heterocycles. The Labute approximate surface area is 110 Å². The van der Waals surface area contributed by atoms with Crippen LogP contribution in [-0.4, -0.2) is 41.1 Å². The summed E-state index contributed by atoms with van der Waals surface area (Å²) in [7, 11) is 0. The molecule has 4 nitrogen and oxygen atoms in total. The molecule has 0 aromatic heterocycles. The third-order valence-electron chi connectivity index (χ3n) is 4.72. The van der Waals surface area contributed by atoms with E-state index in [-0.39, 0.29) is 24.5 Å². The van der Waals surface area contributed by atoms with E-state index in [0.717, 1.165) is 32.1 Å². The molecule has 2 saturated carbocycles. The lowest BCUT2D eigenvalue weighted by molar-refractivity contribution is -0.142. The molecule has 4 heteroatoms. The Morgan fingerprint density at radius 2 is 2.06 bits per heavy atom. The number of hydrogen-bond donors (Lipinski definition) is 2. The first kappa shape index (κ1) is 13.8. The van der Waals surface area contributed by atoms with E-state index in [4.69, 9.17) is 10.8 Å². The minimum absolute atomic E-state index is 0.0734. The standard InChI is InChI=1S/C14H26N2O2/c1-10-9-11(5-6-13(10)15)14(18)16(7-8-17)12-3-2-4-12/h10-13,17H,2-9,15H2,1H3. The third-order valence-corrected chi connectivity index (χ3v) is 4.72. The van der Waals surface area contributed by atoms with Crippen LogP contribution in [0.2, 0.25) is 0 Å². The van der Waals surface area contributed by atoms with Crippen molar-refractivity contribution in [1.29, 1.82) is 0 Å². The number of aliphatic hydroxyl groups is 1. The summed E-state index contributed by atoms with van der Waals surface area (Å²) in [4.78, 5) is 14.5. The van der Waals surface area contributed by atoms with Crippen molar-refractivity contribution in [3.8, 4) is 0 Å². The molecular formula is C14H26N2O2. The van der Waals surface area contributed by atoms with Crippen LogP contribution in [0, 0.1) is 11.8 Å². The molecule has 2 fully saturated rings. The molecule has 0 bridgehead atoms. The summed E-state index contributed by atoms with van der Waals surface area (Å²) in [6.45, 7) is 2.72. The zero-order chi connectivity index (χ0) is 13.1. The first-order valence-corrected chi connectivity index (χ1v) is 7.30. The lowest BCUT2D eigenvalue weighted by Crippen LogP contribution is -2.50. The van der Waals surface area contributed by atoms with Crippen molar-refractivity contribution < 1.29 is 9.90 Å². The normalized spacial score (nSPS) is 32.9. The summed E-state index contributed by atoms with van der Waals surface area (Å²) in [5, 5.41) is 9.13. The minimum atomic E-state index is 0.0734. The highest BCUT2D eigenvalue weighted by molar-refractivity contribution is 5.79. The van der Waals surface area contributed by atoms with E-state index in [9.17, 15) is 4.79 Å². The van der Waals surface area contributed by atoms with Crippen molar-refractivity contribution in [2.24, 2.45) is 17.6 Å². The van der Waals surface area contributed by atoms with Crippen molar-refractivity contribution in [2.45, 2.75) is 57.5 Å². The van der Waals surface area contributed by atoms with Crippen LogP contribution in [-0.2, 0) is 4.79 Å². The number of amides is 1. The molecule has 104 valence electrons. The van der Waals surface area contributed by atoms with Gasteiger partial charge in [-0.2, -0.15) is 0 Å². The van der Waals surface area contributed by atoms with E-state index in [1.807, 2.05) is 4.90 Å². The van der Waals surface area contributed by atoms with Crippen molar-refractivity contribution in [2.75, 3.05) is 13.2 Å². The van der Waals surface area contributed by atoms with Gasteiger partial charge >= 0.3 is 0 Å². The van der Waals surface area contributed by atoms with Crippen molar-refractivity contribution in [1.82, 2.24) is 4.90 Å². The van der Waals surface area contributed by atoms with Gasteiger partial charge in [-0.3, -0.25) is 4.79 Å². The molecule has 0 aromatic carbocycles. The Morgan fingerprint density at radius 3 is 2.56 bits per heavy atom. The van der Waals surface area contributed by atoms with E-state index in [1.54, 1.807) is 0 Å². The zero-order valence-corrected chi connectivity index (χ0v) is 11.3. The van der Waals surface area contributed by atoms with Crippen LogP contribution >= 0.6 is 0 Å². The molecule has 0 radical (unpaired) electrons. The first-order chi connectivity index (χ1) is 8.63. The lowest BCUT2D eigenvalue weighted by atomic mass is 9.78. The fraction of sp³-hybridized carbons (Fsp3) is 0.929. The number of rotatable bonds is 4. The summed E-state index contributed by atoms with van der Waals surface area (Å²) in [5.41, 5.74) is 6.01. The highest BCUT2D eigenvalue weighted by Gasteiger charge is 2.35. The molecule has 1 amide bonds. The van der Waals surface area contributed by atoms with Gasteiger partial charge in [0, 0.05) is 24.5 Å². The predicted octanol–water partition coefficient (Wildman–Crippen LogP) is 1.12. The molecule has 3 unspecified atom stereocenters. The molecule has 2 aliphatic rings. The summed E-state index contributed by atoms with van der Waals surface area (Å²) in [6.07, 6.45) is 6.20. The van der Waals surface area contributed by atoms with Crippen LogP contribution in [0.4, 0.5) is 0 Å². The second kappa shape index (κ2) is 6.02. The second-order valence-corrected chi connectivity index (χ2v) is 5.99. The van der Waals surface area contributed by atoms with Crippen molar-refractivity contribution in [3.63, 3.8) is 0 Å². The molecule has 0 heterocycles. The Kier molecular flexibility index (Phi) is 4.62. The number of carbonyl (C=O) groups is 1. The van der Waals surface area contributed by atoms with Crippen LogP contribution < -0.4 is 5.73 Å². The average molecular weight is 254 g/mol. The van der Waals surface area contributed by atoms with E-state index >= 15 is 0 Å². The molecule has 3 atom stereocenters. The number of carbonyl (C=O) groups excluding carboxylic acids is 1.